The van der Waals surface area contributed by atoms with Gasteiger partial charge in [-0.15, -0.1) is 10.2 Å². The molecule has 0 radical (unpaired) electrons. The zero-order chi connectivity index (χ0) is 15.3. The van der Waals surface area contributed by atoms with Gasteiger partial charge in [0, 0.05) is 6.20 Å². The second kappa shape index (κ2) is 4.45. The molecule has 0 amide bonds. The highest BCUT2D eigenvalue weighted by molar-refractivity contribution is 5.74. The van der Waals surface area contributed by atoms with Gasteiger partial charge in [-0.2, -0.15) is 14.6 Å². The van der Waals surface area contributed by atoms with Crippen LogP contribution in [0.2, 0.25) is 0 Å². The van der Waals surface area contributed by atoms with Gasteiger partial charge in [0.2, 0.25) is 0 Å². The Labute approximate surface area is 124 Å². The molecule has 3 heterocycles. The Balaban J connectivity index is 2.06. The van der Waals surface area contributed by atoms with Gasteiger partial charge in [0.1, 0.15) is 11.8 Å². The molecule has 1 aromatic carbocycles. The van der Waals surface area contributed by atoms with Crippen molar-refractivity contribution in [3.63, 3.8) is 0 Å². The lowest BCUT2D eigenvalue weighted by Crippen LogP contribution is -2.21. The lowest BCUT2D eigenvalue weighted by atomic mass is 10.1. The Morgan fingerprint density at radius 3 is 2.77 bits per heavy atom. The van der Waals surface area contributed by atoms with Crippen LogP contribution in [0.5, 0.6) is 0 Å². The van der Waals surface area contributed by atoms with Crippen molar-refractivity contribution in [3.05, 3.63) is 58.3 Å². The first-order chi connectivity index (χ1) is 10.6. The Hall–Kier alpha value is -3.09. The highest BCUT2D eigenvalue weighted by Crippen LogP contribution is 2.15. The zero-order valence-corrected chi connectivity index (χ0v) is 12.1. The molecule has 0 saturated heterocycles. The van der Waals surface area contributed by atoms with Crippen LogP contribution in [-0.4, -0.2) is 29.4 Å². The van der Waals surface area contributed by atoms with Gasteiger partial charge in [0.05, 0.1) is 5.69 Å². The lowest BCUT2D eigenvalue weighted by molar-refractivity contribution is 0.911. The molecule has 0 atom stereocenters. The number of aryl methyl sites for hydroxylation is 2. The molecule has 0 aliphatic heterocycles. The molecule has 4 aromatic rings. The minimum Gasteiger partial charge on any atom is -0.282 e. The number of aromatic nitrogens is 6. The standard InChI is InChI=1S/C15H12N6O/c1-9-3-4-11(10(2)7-9)20-6-5-12-13(14(20)22)18-19-15-16-8-17-21(12)15/h3-8H,1-2H3. The summed E-state index contributed by atoms with van der Waals surface area (Å²) < 4.78 is 3.09. The van der Waals surface area contributed by atoms with E-state index in [1.807, 2.05) is 32.0 Å². The summed E-state index contributed by atoms with van der Waals surface area (Å²) in [6.07, 6.45) is 3.12. The van der Waals surface area contributed by atoms with Gasteiger partial charge in [-0.25, -0.2) is 0 Å². The molecular weight excluding hydrogens is 280 g/mol. The molecule has 0 fully saturated rings. The van der Waals surface area contributed by atoms with Crippen molar-refractivity contribution in [2.24, 2.45) is 0 Å². The van der Waals surface area contributed by atoms with Crippen molar-refractivity contribution in [2.45, 2.75) is 13.8 Å². The lowest BCUT2D eigenvalue weighted by Gasteiger charge is -2.10. The van der Waals surface area contributed by atoms with E-state index >= 15 is 0 Å². The SMILES string of the molecule is Cc1ccc(-n2ccc3c(nnc4ncnn43)c2=O)c(C)c1. The molecule has 0 bridgehead atoms. The van der Waals surface area contributed by atoms with Crippen LogP contribution in [0.25, 0.3) is 22.5 Å². The second-order valence-corrected chi connectivity index (χ2v) is 5.19. The first-order valence-electron chi connectivity index (χ1n) is 6.80. The summed E-state index contributed by atoms with van der Waals surface area (Å²) in [6.45, 7) is 4.00. The van der Waals surface area contributed by atoms with Gasteiger partial charge in [-0.1, -0.05) is 17.7 Å². The summed E-state index contributed by atoms with van der Waals surface area (Å²) >= 11 is 0. The van der Waals surface area contributed by atoms with E-state index in [0.717, 1.165) is 16.8 Å². The maximum absolute atomic E-state index is 12.7. The largest absolute Gasteiger partial charge is 0.285 e. The second-order valence-electron chi connectivity index (χ2n) is 5.19. The summed E-state index contributed by atoms with van der Waals surface area (Å²) in [5.74, 6) is 0.371. The quantitative estimate of drug-likeness (QED) is 0.530. The van der Waals surface area contributed by atoms with Crippen LogP contribution in [0, 0.1) is 13.8 Å². The van der Waals surface area contributed by atoms with Crippen molar-refractivity contribution in [2.75, 3.05) is 0 Å². The van der Waals surface area contributed by atoms with Crippen molar-refractivity contribution < 1.29 is 0 Å². The van der Waals surface area contributed by atoms with Crippen molar-refractivity contribution in [1.82, 2.24) is 29.4 Å². The molecule has 22 heavy (non-hydrogen) atoms. The highest BCUT2D eigenvalue weighted by atomic mass is 16.1. The van der Waals surface area contributed by atoms with Crippen LogP contribution in [0.4, 0.5) is 0 Å². The van der Waals surface area contributed by atoms with Gasteiger partial charge in [-0.05, 0) is 31.5 Å². The molecule has 0 aliphatic rings. The van der Waals surface area contributed by atoms with Crippen LogP contribution in [0.1, 0.15) is 11.1 Å². The smallest absolute Gasteiger partial charge is 0.282 e. The van der Waals surface area contributed by atoms with Gasteiger partial charge < -0.3 is 0 Å². The van der Waals surface area contributed by atoms with Gasteiger partial charge in [0.25, 0.3) is 11.3 Å². The van der Waals surface area contributed by atoms with E-state index in [1.165, 1.54) is 10.8 Å². The molecule has 4 rings (SSSR count). The number of rotatable bonds is 1. The molecule has 0 unspecified atom stereocenters. The number of benzene rings is 1. The Kier molecular flexibility index (Phi) is 2.56. The van der Waals surface area contributed by atoms with Gasteiger partial charge in [0.15, 0.2) is 5.52 Å². The van der Waals surface area contributed by atoms with Crippen molar-refractivity contribution >= 4 is 16.8 Å². The van der Waals surface area contributed by atoms with E-state index in [1.54, 1.807) is 16.8 Å². The van der Waals surface area contributed by atoms with Crippen LogP contribution in [0.3, 0.4) is 0 Å². The molecular formula is C15H12N6O. The van der Waals surface area contributed by atoms with E-state index < -0.39 is 0 Å². The Bertz CT molecular complexity index is 1080. The van der Waals surface area contributed by atoms with Crippen molar-refractivity contribution in [1.29, 1.82) is 0 Å². The summed E-state index contributed by atoms with van der Waals surface area (Å²) in [6, 6.07) is 7.75. The molecule has 0 N–H and O–H groups in total. The summed E-state index contributed by atoms with van der Waals surface area (Å²) in [5, 5.41) is 12.0. The minimum absolute atomic E-state index is 0.227. The van der Waals surface area contributed by atoms with E-state index in [-0.39, 0.29) is 11.1 Å². The summed E-state index contributed by atoms with van der Waals surface area (Å²) in [7, 11) is 0. The number of nitrogens with zero attached hydrogens (tertiary/aromatic N) is 6. The number of fused-ring (bicyclic) bond motifs is 3. The monoisotopic (exact) mass is 292 g/mol. The van der Waals surface area contributed by atoms with E-state index in [4.69, 9.17) is 0 Å². The van der Waals surface area contributed by atoms with E-state index in [2.05, 4.69) is 20.3 Å². The molecule has 7 heteroatoms. The summed E-state index contributed by atoms with van der Waals surface area (Å²) in [5.41, 5.74) is 3.64. The van der Waals surface area contributed by atoms with E-state index in [0.29, 0.717) is 11.3 Å². The van der Waals surface area contributed by atoms with Crippen LogP contribution in [-0.2, 0) is 0 Å². The number of hydrogen-bond donors (Lipinski definition) is 0. The fourth-order valence-corrected chi connectivity index (χ4v) is 2.61. The Morgan fingerprint density at radius 2 is 1.95 bits per heavy atom. The molecule has 108 valence electrons. The summed E-state index contributed by atoms with van der Waals surface area (Å²) in [4.78, 5) is 16.7. The minimum atomic E-state index is -0.227. The third kappa shape index (κ3) is 1.72. The molecule has 7 nitrogen and oxygen atoms in total. The predicted molar refractivity (Wildman–Crippen MR) is 81.2 cm³/mol. The van der Waals surface area contributed by atoms with E-state index in [9.17, 15) is 4.79 Å². The Morgan fingerprint density at radius 1 is 1.09 bits per heavy atom. The van der Waals surface area contributed by atoms with Gasteiger partial charge >= 0.3 is 0 Å². The molecule has 0 spiro atoms. The first-order valence-corrected chi connectivity index (χ1v) is 6.80. The molecule has 0 aliphatic carbocycles. The third-order valence-electron chi connectivity index (χ3n) is 3.65. The topological polar surface area (TPSA) is 78.0 Å². The maximum atomic E-state index is 12.7. The number of pyridine rings is 1. The molecule has 3 aromatic heterocycles. The first kappa shape index (κ1) is 12.6. The van der Waals surface area contributed by atoms with Gasteiger partial charge in [-0.3, -0.25) is 9.36 Å². The predicted octanol–water partition coefficient (Wildman–Crippen LogP) is 1.44. The normalized spacial score (nSPS) is 11.4. The van der Waals surface area contributed by atoms with Crippen LogP contribution >= 0.6 is 0 Å². The van der Waals surface area contributed by atoms with Crippen LogP contribution in [0.15, 0.2) is 41.6 Å². The molecule has 0 saturated carbocycles. The number of hydrogen-bond acceptors (Lipinski definition) is 5. The van der Waals surface area contributed by atoms with Crippen LogP contribution < -0.4 is 5.56 Å². The van der Waals surface area contributed by atoms with Crippen molar-refractivity contribution in [3.8, 4) is 5.69 Å². The third-order valence-corrected chi connectivity index (χ3v) is 3.65. The average Bonchev–Trinajstić information content (AvgIpc) is 2.97. The average molecular weight is 292 g/mol. The fourth-order valence-electron chi connectivity index (χ4n) is 2.61. The fraction of sp³-hybridized carbons (Fsp3) is 0.133. The highest BCUT2D eigenvalue weighted by Gasteiger charge is 2.12. The zero-order valence-electron chi connectivity index (χ0n) is 12.1. The maximum Gasteiger partial charge on any atom is 0.285 e.